The van der Waals surface area contributed by atoms with Crippen LogP contribution in [0.4, 0.5) is 5.69 Å². The van der Waals surface area contributed by atoms with E-state index in [2.05, 4.69) is 32.9 Å². The van der Waals surface area contributed by atoms with Crippen molar-refractivity contribution in [2.24, 2.45) is 0 Å². The molecule has 0 atom stereocenters. The Hall–Kier alpha value is -1.94. The second-order valence-electron chi connectivity index (χ2n) is 4.72. The lowest BCUT2D eigenvalue weighted by molar-refractivity contribution is -0.146. The topological polar surface area (TPSA) is 72.7 Å². The third-order valence-corrected chi connectivity index (χ3v) is 4.45. The Kier molecular flexibility index (Phi) is 4.91. The zero-order valence-corrected chi connectivity index (χ0v) is 14.8. The summed E-state index contributed by atoms with van der Waals surface area (Å²) < 4.78 is 7.90. The maximum Gasteiger partial charge on any atom is 0.312 e. The minimum atomic E-state index is -0.478. The number of esters is 1. The third-order valence-electron chi connectivity index (χ3n) is 2.96. The number of ether oxygens (including phenoxy) is 1. The number of aromatic nitrogens is 2. The Morgan fingerprint density at radius 1 is 1.30 bits per heavy atom. The minimum Gasteiger partial charge on any atom is -0.455 e. The van der Waals surface area contributed by atoms with Crippen molar-refractivity contribution >= 4 is 56.5 Å². The summed E-state index contributed by atoms with van der Waals surface area (Å²) in [6.45, 7) is -0.312. The molecule has 0 unspecified atom stereocenters. The van der Waals surface area contributed by atoms with Gasteiger partial charge in [-0.2, -0.15) is 0 Å². The van der Waals surface area contributed by atoms with E-state index in [1.54, 1.807) is 18.3 Å². The molecule has 1 aromatic carbocycles. The number of hydrogen-bond acceptors (Lipinski definition) is 5. The van der Waals surface area contributed by atoms with E-state index < -0.39 is 5.97 Å². The van der Waals surface area contributed by atoms with Gasteiger partial charge in [-0.3, -0.25) is 14.0 Å². The molecule has 0 aliphatic heterocycles. The lowest BCUT2D eigenvalue weighted by Gasteiger charge is -2.06. The standard InChI is InChI=1S/C15H12IN3O3S/c16-10-1-3-11(4-2-10)17-13(20)9-22-14(21)7-12-8-19-5-6-23-15(19)18-12/h1-6,8H,7,9H2,(H,17,20). The summed E-state index contributed by atoms with van der Waals surface area (Å²) >= 11 is 3.67. The van der Waals surface area contributed by atoms with E-state index >= 15 is 0 Å². The van der Waals surface area contributed by atoms with Crippen molar-refractivity contribution in [2.45, 2.75) is 6.42 Å². The van der Waals surface area contributed by atoms with Gasteiger partial charge in [-0.05, 0) is 46.9 Å². The van der Waals surface area contributed by atoms with Crippen LogP contribution in [0, 0.1) is 3.57 Å². The van der Waals surface area contributed by atoms with E-state index in [-0.39, 0.29) is 18.9 Å². The Morgan fingerprint density at radius 3 is 2.83 bits per heavy atom. The van der Waals surface area contributed by atoms with Gasteiger partial charge in [0.05, 0.1) is 12.1 Å². The molecular formula is C15H12IN3O3S. The van der Waals surface area contributed by atoms with Crippen LogP contribution in [-0.2, 0) is 20.7 Å². The van der Waals surface area contributed by atoms with Crippen molar-refractivity contribution in [3.05, 3.63) is 51.3 Å². The summed E-state index contributed by atoms with van der Waals surface area (Å²) in [5.74, 6) is -0.848. The van der Waals surface area contributed by atoms with Gasteiger partial charge >= 0.3 is 5.97 Å². The Morgan fingerprint density at radius 2 is 2.09 bits per heavy atom. The number of anilines is 1. The maximum atomic E-state index is 11.8. The molecule has 0 saturated carbocycles. The number of fused-ring (bicyclic) bond motifs is 1. The van der Waals surface area contributed by atoms with Crippen molar-refractivity contribution in [2.75, 3.05) is 11.9 Å². The molecule has 3 aromatic rings. The van der Waals surface area contributed by atoms with Crippen LogP contribution in [0.25, 0.3) is 4.96 Å². The first-order valence-electron chi connectivity index (χ1n) is 6.72. The molecule has 23 heavy (non-hydrogen) atoms. The number of amides is 1. The molecule has 0 radical (unpaired) electrons. The third kappa shape index (κ3) is 4.29. The predicted octanol–water partition coefficient (Wildman–Crippen LogP) is 2.72. The van der Waals surface area contributed by atoms with E-state index in [1.165, 1.54) is 11.3 Å². The number of imidazole rings is 1. The molecule has 2 heterocycles. The smallest absolute Gasteiger partial charge is 0.312 e. The fourth-order valence-electron chi connectivity index (χ4n) is 1.94. The number of nitrogens with zero attached hydrogens (tertiary/aromatic N) is 2. The van der Waals surface area contributed by atoms with Gasteiger partial charge in [0.1, 0.15) is 0 Å². The van der Waals surface area contributed by atoms with Crippen LogP contribution in [-0.4, -0.2) is 27.9 Å². The normalized spacial score (nSPS) is 10.7. The fraction of sp³-hybridized carbons (Fsp3) is 0.133. The molecule has 2 aromatic heterocycles. The number of benzene rings is 1. The van der Waals surface area contributed by atoms with E-state index in [0.29, 0.717) is 11.4 Å². The Labute approximate surface area is 149 Å². The van der Waals surface area contributed by atoms with Gasteiger partial charge in [-0.1, -0.05) is 0 Å². The summed E-state index contributed by atoms with van der Waals surface area (Å²) in [7, 11) is 0. The highest BCUT2D eigenvalue weighted by atomic mass is 127. The highest BCUT2D eigenvalue weighted by Gasteiger charge is 2.11. The highest BCUT2D eigenvalue weighted by molar-refractivity contribution is 14.1. The number of rotatable bonds is 5. The van der Waals surface area contributed by atoms with Gasteiger partial charge in [0, 0.05) is 27.0 Å². The number of hydrogen-bond donors (Lipinski definition) is 1. The second-order valence-corrected chi connectivity index (χ2v) is 6.84. The minimum absolute atomic E-state index is 0.0468. The van der Waals surface area contributed by atoms with Gasteiger partial charge in [0.2, 0.25) is 0 Å². The zero-order valence-electron chi connectivity index (χ0n) is 11.9. The SMILES string of the molecule is O=C(COC(=O)Cc1cn2ccsc2n1)Nc1ccc(I)cc1. The summed E-state index contributed by atoms with van der Waals surface area (Å²) in [6, 6.07) is 7.35. The molecule has 0 saturated heterocycles. The van der Waals surface area contributed by atoms with Crippen LogP contribution in [0.1, 0.15) is 5.69 Å². The first-order chi connectivity index (χ1) is 11.1. The van der Waals surface area contributed by atoms with E-state index in [1.807, 2.05) is 28.1 Å². The van der Waals surface area contributed by atoms with Crippen molar-refractivity contribution in [3.8, 4) is 0 Å². The van der Waals surface area contributed by atoms with Gasteiger partial charge in [0.25, 0.3) is 5.91 Å². The molecule has 0 aliphatic carbocycles. The van der Waals surface area contributed by atoms with E-state index in [0.717, 1.165) is 8.53 Å². The number of nitrogens with one attached hydrogen (secondary N) is 1. The number of thiazole rings is 1. The molecule has 3 rings (SSSR count). The summed E-state index contributed by atoms with van der Waals surface area (Å²) in [5.41, 5.74) is 1.29. The Bertz CT molecular complexity index is 813. The largest absolute Gasteiger partial charge is 0.455 e. The monoisotopic (exact) mass is 441 g/mol. The van der Waals surface area contributed by atoms with Crippen molar-refractivity contribution in [1.82, 2.24) is 9.38 Å². The van der Waals surface area contributed by atoms with Crippen LogP contribution >= 0.6 is 33.9 Å². The lowest BCUT2D eigenvalue weighted by Crippen LogP contribution is -2.21. The van der Waals surface area contributed by atoms with E-state index in [9.17, 15) is 9.59 Å². The predicted molar refractivity (Wildman–Crippen MR) is 95.5 cm³/mol. The van der Waals surface area contributed by atoms with Gasteiger partial charge in [-0.15, -0.1) is 11.3 Å². The number of carbonyl (C=O) groups excluding carboxylic acids is 2. The maximum absolute atomic E-state index is 11.8. The summed E-state index contributed by atoms with van der Waals surface area (Å²) in [5, 5.41) is 4.58. The zero-order chi connectivity index (χ0) is 16.2. The van der Waals surface area contributed by atoms with Crippen molar-refractivity contribution < 1.29 is 14.3 Å². The molecular weight excluding hydrogens is 429 g/mol. The average Bonchev–Trinajstić information content (AvgIpc) is 3.09. The second kappa shape index (κ2) is 7.09. The number of halogens is 1. The van der Waals surface area contributed by atoms with Gasteiger partial charge in [0.15, 0.2) is 11.6 Å². The highest BCUT2D eigenvalue weighted by Crippen LogP contribution is 2.12. The molecule has 0 bridgehead atoms. The van der Waals surface area contributed by atoms with Crippen LogP contribution < -0.4 is 5.32 Å². The van der Waals surface area contributed by atoms with Crippen LogP contribution in [0.5, 0.6) is 0 Å². The molecule has 0 spiro atoms. The van der Waals surface area contributed by atoms with Crippen LogP contribution in [0.15, 0.2) is 42.0 Å². The van der Waals surface area contributed by atoms with Crippen molar-refractivity contribution in [1.29, 1.82) is 0 Å². The lowest BCUT2D eigenvalue weighted by atomic mass is 10.3. The van der Waals surface area contributed by atoms with Crippen LogP contribution in [0.3, 0.4) is 0 Å². The first kappa shape index (κ1) is 15.9. The van der Waals surface area contributed by atoms with Gasteiger partial charge < -0.3 is 10.1 Å². The molecule has 8 heteroatoms. The average molecular weight is 441 g/mol. The summed E-state index contributed by atoms with van der Waals surface area (Å²) in [4.78, 5) is 28.6. The van der Waals surface area contributed by atoms with Gasteiger partial charge in [-0.25, -0.2) is 4.98 Å². The quantitative estimate of drug-likeness (QED) is 0.488. The molecule has 0 fully saturated rings. The first-order valence-corrected chi connectivity index (χ1v) is 8.68. The Balaban J connectivity index is 1.47. The van der Waals surface area contributed by atoms with E-state index in [4.69, 9.17) is 4.74 Å². The molecule has 1 amide bonds. The fourth-order valence-corrected chi connectivity index (χ4v) is 3.02. The van der Waals surface area contributed by atoms with Crippen LogP contribution in [0.2, 0.25) is 0 Å². The summed E-state index contributed by atoms with van der Waals surface area (Å²) in [6.07, 6.45) is 3.69. The van der Waals surface area contributed by atoms with Crippen molar-refractivity contribution in [3.63, 3.8) is 0 Å². The number of carbonyl (C=O) groups is 2. The molecule has 1 N–H and O–H groups in total. The molecule has 6 nitrogen and oxygen atoms in total. The molecule has 118 valence electrons. The molecule has 0 aliphatic rings.